The van der Waals surface area contributed by atoms with Crippen molar-refractivity contribution in [1.82, 2.24) is 9.62 Å². The molecule has 2 aromatic rings. The molecule has 164 valence electrons. The van der Waals surface area contributed by atoms with Crippen molar-refractivity contribution in [2.45, 2.75) is 38.1 Å². The molecule has 0 fully saturated rings. The number of hydrogen-bond donors (Lipinski definition) is 1. The van der Waals surface area contributed by atoms with Crippen LogP contribution in [0.3, 0.4) is 0 Å². The Hall–Kier alpha value is -2.58. The summed E-state index contributed by atoms with van der Waals surface area (Å²) in [5.74, 6) is 0.916. The monoisotopic (exact) mass is 434 g/mol. The van der Waals surface area contributed by atoms with Crippen molar-refractivity contribution in [1.29, 1.82) is 0 Å². The van der Waals surface area contributed by atoms with E-state index in [1.165, 1.54) is 28.6 Å². The van der Waals surface area contributed by atoms with Crippen LogP contribution in [0.25, 0.3) is 0 Å². The molecule has 30 heavy (non-hydrogen) atoms. The Morgan fingerprint density at radius 3 is 2.07 bits per heavy atom. The summed E-state index contributed by atoms with van der Waals surface area (Å²) in [7, 11) is -0.446. The first-order valence-corrected chi connectivity index (χ1v) is 11.4. The summed E-state index contributed by atoms with van der Waals surface area (Å²) in [6.45, 7) is 5.15. The van der Waals surface area contributed by atoms with Gasteiger partial charge in [-0.1, -0.05) is 19.9 Å². The molecule has 0 aromatic heterocycles. The number of benzene rings is 2. The molecule has 0 unspecified atom stereocenters. The molecule has 0 spiro atoms. The highest BCUT2D eigenvalue weighted by Crippen LogP contribution is 2.27. The Morgan fingerprint density at radius 1 is 0.933 bits per heavy atom. The Bertz CT molecular complexity index is 937. The summed E-state index contributed by atoms with van der Waals surface area (Å²) < 4.78 is 37.6. The average Bonchev–Trinajstić information content (AvgIpc) is 2.77. The fourth-order valence-corrected chi connectivity index (χ4v) is 4.68. The molecule has 2 aromatic carbocycles. The van der Waals surface area contributed by atoms with Gasteiger partial charge < -0.3 is 14.8 Å². The summed E-state index contributed by atoms with van der Waals surface area (Å²) in [5, 5.41) is 2.83. The molecule has 0 atom stereocenters. The molecule has 0 radical (unpaired) electrons. The van der Waals surface area contributed by atoms with Crippen molar-refractivity contribution in [3.05, 3.63) is 53.6 Å². The molecule has 8 heteroatoms. The molecule has 0 saturated carbocycles. The van der Waals surface area contributed by atoms with Crippen LogP contribution in [-0.2, 0) is 16.6 Å². The van der Waals surface area contributed by atoms with Gasteiger partial charge in [0.25, 0.3) is 5.91 Å². The highest BCUT2D eigenvalue weighted by atomic mass is 32.2. The first-order chi connectivity index (χ1) is 14.4. The van der Waals surface area contributed by atoms with Gasteiger partial charge in [0, 0.05) is 25.2 Å². The third-order valence-corrected chi connectivity index (χ3v) is 6.51. The maximum absolute atomic E-state index is 12.8. The SMILES string of the molecule is CCCN(CCC)S(=O)(=O)c1ccc(C(=O)NCc2ccc(OC)c(OC)c2)cc1. The second-order valence-electron chi connectivity index (χ2n) is 6.80. The van der Waals surface area contributed by atoms with Crippen molar-refractivity contribution in [2.24, 2.45) is 0 Å². The molecular weight excluding hydrogens is 404 g/mol. The molecular formula is C22H30N2O5S. The topological polar surface area (TPSA) is 84.9 Å². The van der Waals surface area contributed by atoms with E-state index < -0.39 is 10.0 Å². The number of rotatable bonds is 11. The van der Waals surface area contributed by atoms with Gasteiger partial charge in [0.2, 0.25) is 10.0 Å². The predicted octanol–water partition coefficient (Wildman–Crippen LogP) is 3.44. The Labute approximate surface area is 179 Å². The van der Waals surface area contributed by atoms with E-state index in [0.717, 1.165) is 18.4 Å². The van der Waals surface area contributed by atoms with Crippen LogP contribution in [0.1, 0.15) is 42.6 Å². The number of methoxy groups -OCH3 is 2. The van der Waals surface area contributed by atoms with Gasteiger partial charge in [-0.15, -0.1) is 0 Å². The highest BCUT2D eigenvalue weighted by Gasteiger charge is 2.23. The lowest BCUT2D eigenvalue weighted by Gasteiger charge is -2.21. The zero-order valence-electron chi connectivity index (χ0n) is 18.0. The molecule has 0 bridgehead atoms. The second kappa shape index (κ2) is 11.0. The second-order valence-corrected chi connectivity index (χ2v) is 8.74. The summed E-state index contributed by atoms with van der Waals surface area (Å²) in [4.78, 5) is 12.7. The minimum Gasteiger partial charge on any atom is -0.493 e. The van der Waals surface area contributed by atoms with Gasteiger partial charge in [-0.3, -0.25) is 4.79 Å². The largest absolute Gasteiger partial charge is 0.493 e. The standard InChI is InChI=1S/C22H30N2O5S/c1-5-13-24(14-6-2)30(26,27)19-10-8-18(9-11-19)22(25)23-16-17-7-12-20(28-3)21(15-17)29-4/h7-12,15H,5-6,13-14,16H2,1-4H3,(H,23,25). The van der Waals surface area contributed by atoms with Gasteiger partial charge in [0.1, 0.15) is 0 Å². The first-order valence-electron chi connectivity index (χ1n) is 9.96. The molecule has 2 rings (SSSR count). The van der Waals surface area contributed by atoms with Crippen molar-refractivity contribution >= 4 is 15.9 Å². The summed E-state index contributed by atoms with van der Waals surface area (Å²) >= 11 is 0. The van der Waals surface area contributed by atoms with E-state index in [9.17, 15) is 13.2 Å². The van der Waals surface area contributed by atoms with Gasteiger partial charge >= 0.3 is 0 Å². The lowest BCUT2D eigenvalue weighted by Crippen LogP contribution is -2.32. The van der Waals surface area contributed by atoms with E-state index in [0.29, 0.717) is 36.7 Å². The van der Waals surface area contributed by atoms with Crippen molar-refractivity contribution in [3.63, 3.8) is 0 Å². The van der Waals surface area contributed by atoms with Gasteiger partial charge in [0.15, 0.2) is 11.5 Å². The van der Waals surface area contributed by atoms with E-state index in [4.69, 9.17) is 9.47 Å². The Kier molecular flexibility index (Phi) is 8.68. The zero-order valence-corrected chi connectivity index (χ0v) is 18.8. The lowest BCUT2D eigenvalue weighted by atomic mass is 10.1. The van der Waals surface area contributed by atoms with Crippen molar-refractivity contribution < 1.29 is 22.7 Å². The van der Waals surface area contributed by atoms with Crippen LogP contribution in [0.15, 0.2) is 47.4 Å². The number of ether oxygens (including phenoxy) is 2. The van der Waals surface area contributed by atoms with Gasteiger partial charge in [0.05, 0.1) is 19.1 Å². The fourth-order valence-electron chi connectivity index (χ4n) is 3.05. The number of nitrogens with one attached hydrogen (secondary N) is 1. The van der Waals surface area contributed by atoms with Crippen LogP contribution in [0.4, 0.5) is 0 Å². The van der Waals surface area contributed by atoms with E-state index in [1.807, 2.05) is 19.9 Å². The number of amides is 1. The average molecular weight is 435 g/mol. The minimum absolute atomic E-state index is 0.195. The Morgan fingerprint density at radius 2 is 1.53 bits per heavy atom. The minimum atomic E-state index is -3.56. The molecule has 1 N–H and O–H groups in total. The molecule has 0 heterocycles. The van der Waals surface area contributed by atoms with E-state index in [-0.39, 0.29) is 10.8 Å². The van der Waals surface area contributed by atoms with Crippen LogP contribution >= 0.6 is 0 Å². The summed E-state index contributed by atoms with van der Waals surface area (Å²) in [6.07, 6.45) is 1.49. The number of nitrogens with zero attached hydrogens (tertiary/aromatic N) is 1. The van der Waals surface area contributed by atoms with Crippen LogP contribution in [0, 0.1) is 0 Å². The maximum Gasteiger partial charge on any atom is 0.251 e. The summed E-state index contributed by atoms with van der Waals surface area (Å²) in [5.41, 5.74) is 1.25. The Balaban J connectivity index is 2.08. The smallest absolute Gasteiger partial charge is 0.251 e. The van der Waals surface area contributed by atoms with Crippen molar-refractivity contribution in [2.75, 3.05) is 27.3 Å². The van der Waals surface area contributed by atoms with E-state index >= 15 is 0 Å². The van der Waals surface area contributed by atoms with E-state index in [1.54, 1.807) is 26.4 Å². The molecule has 1 amide bonds. The molecule has 7 nitrogen and oxygen atoms in total. The third kappa shape index (κ3) is 5.73. The van der Waals surface area contributed by atoms with Crippen LogP contribution in [0.5, 0.6) is 11.5 Å². The quantitative estimate of drug-likeness (QED) is 0.586. The zero-order chi connectivity index (χ0) is 22.1. The molecule has 0 aliphatic carbocycles. The van der Waals surface area contributed by atoms with Crippen LogP contribution < -0.4 is 14.8 Å². The number of sulfonamides is 1. The van der Waals surface area contributed by atoms with Gasteiger partial charge in [-0.05, 0) is 54.8 Å². The lowest BCUT2D eigenvalue weighted by molar-refractivity contribution is 0.0950. The normalized spacial score (nSPS) is 11.4. The van der Waals surface area contributed by atoms with Crippen LogP contribution in [-0.4, -0.2) is 45.9 Å². The van der Waals surface area contributed by atoms with Gasteiger partial charge in [-0.2, -0.15) is 4.31 Å². The molecule has 0 aliphatic heterocycles. The predicted molar refractivity (Wildman–Crippen MR) is 116 cm³/mol. The maximum atomic E-state index is 12.8. The van der Waals surface area contributed by atoms with Gasteiger partial charge in [-0.25, -0.2) is 8.42 Å². The molecule has 0 aliphatic rings. The number of carbonyl (C=O) groups is 1. The first kappa shape index (κ1) is 23.7. The fraction of sp³-hybridized carbons (Fsp3) is 0.409. The van der Waals surface area contributed by atoms with Crippen molar-refractivity contribution in [3.8, 4) is 11.5 Å². The third-order valence-electron chi connectivity index (χ3n) is 4.60. The molecule has 0 saturated heterocycles. The summed E-state index contributed by atoms with van der Waals surface area (Å²) in [6, 6.07) is 11.5. The number of hydrogen-bond acceptors (Lipinski definition) is 5. The van der Waals surface area contributed by atoms with E-state index in [2.05, 4.69) is 5.32 Å². The number of carbonyl (C=O) groups excluding carboxylic acids is 1. The van der Waals surface area contributed by atoms with Crippen LogP contribution in [0.2, 0.25) is 0 Å². The highest BCUT2D eigenvalue weighted by molar-refractivity contribution is 7.89.